The summed E-state index contributed by atoms with van der Waals surface area (Å²) < 4.78 is 57.9. The number of hydrogen-bond donors (Lipinski definition) is 2. The van der Waals surface area contributed by atoms with Gasteiger partial charge in [0.05, 0.1) is 17.8 Å². The Bertz CT molecular complexity index is 914. The van der Waals surface area contributed by atoms with Gasteiger partial charge >= 0.3 is 6.18 Å². The number of halogens is 4. The Kier molecular flexibility index (Phi) is 4.75. The summed E-state index contributed by atoms with van der Waals surface area (Å²) in [4.78, 5) is 24.8. The van der Waals surface area contributed by atoms with E-state index >= 15 is 0 Å². The molecule has 10 heteroatoms. The third-order valence-corrected chi connectivity index (χ3v) is 3.97. The summed E-state index contributed by atoms with van der Waals surface area (Å²) in [6.07, 6.45) is -4.66. The summed E-state index contributed by atoms with van der Waals surface area (Å²) in [6.45, 7) is -0.881. The van der Waals surface area contributed by atoms with Gasteiger partial charge in [-0.3, -0.25) is 14.8 Å². The Morgan fingerprint density at radius 3 is 2.63 bits per heavy atom. The maximum Gasteiger partial charge on any atom is 0.416 e. The second kappa shape index (κ2) is 6.88. The summed E-state index contributed by atoms with van der Waals surface area (Å²) in [6, 6.07) is 5.81. The average molecular weight is 384 g/mol. The number of fused-ring (bicyclic) bond motifs is 1. The molecule has 0 bridgehead atoms. The van der Waals surface area contributed by atoms with Crippen LogP contribution in [-0.4, -0.2) is 23.6 Å². The molecule has 2 amide bonds. The number of alkyl halides is 3. The lowest BCUT2D eigenvalue weighted by Gasteiger charge is -2.30. The molecule has 2 aromatic carbocycles. The van der Waals surface area contributed by atoms with E-state index in [-0.39, 0.29) is 29.2 Å². The third kappa shape index (κ3) is 3.70. The Labute approximate surface area is 149 Å². The van der Waals surface area contributed by atoms with Crippen molar-refractivity contribution in [2.75, 3.05) is 11.5 Å². The van der Waals surface area contributed by atoms with Gasteiger partial charge in [-0.15, -0.1) is 0 Å². The van der Waals surface area contributed by atoms with E-state index in [0.29, 0.717) is 18.2 Å². The number of carbonyl (C=O) groups excluding carboxylic acids is 2. The van der Waals surface area contributed by atoms with E-state index in [1.807, 2.05) is 0 Å². The molecule has 0 atom stereocenters. The molecule has 1 heterocycles. The van der Waals surface area contributed by atoms with Crippen molar-refractivity contribution < 1.29 is 37.1 Å². The summed E-state index contributed by atoms with van der Waals surface area (Å²) in [5.74, 6) is -2.20. The topological polar surface area (TPSA) is 78.9 Å². The Morgan fingerprint density at radius 2 is 1.96 bits per heavy atom. The predicted octanol–water partition coefficient (Wildman–Crippen LogP) is 2.89. The molecule has 3 rings (SSSR count). The fraction of sp³-hybridized carbons (Fsp3) is 0.176. The molecule has 0 fully saturated rings. The minimum atomic E-state index is -4.66. The van der Waals surface area contributed by atoms with Crippen molar-refractivity contribution in [1.82, 2.24) is 5.48 Å². The number of nitrogens with zero attached hydrogens (tertiary/aromatic N) is 1. The third-order valence-electron chi connectivity index (χ3n) is 3.97. The molecule has 0 saturated carbocycles. The molecule has 0 radical (unpaired) electrons. The summed E-state index contributed by atoms with van der Waals surface area (Å²) in [5, 5.41) is 8.72. The van der Waals surface area contributed by atoms with E-state index in [9.17, 15) is 27.2 Å². The van der Waals surface area contributed by atoms with Gasteiger partial charge in [0.2, 0.25) is 0 Å². The molecule has 0 spiro atoms. The highest BCUT2D eigenvalue weighted by Crippen LogP contribution is 2.35. The maximum atomic E-state index is 14.0. The maximum absolute atomic E-state index is 14.0. The van der Waals surface area contributed by atoms with Crippen molar-refractivity contribution in [2.24, 2.45) is 0 Å². The average Bonchev–Trinajstić information content (AvgIpc) is 2.63. The van der Waals surface area contributed by atoms with Crippen LogP contribution in [0.1, 0.15) is 21.5 Å². The van der Waals surface area contributed by atoms with Crippen LogP contribution in [0, 0.1) is 5.82 Å². The molecule has 1 aliphatic heterocycles. The number of amides is 2. The van der Waals surface area contributed by atoms with E-state index in [2.05, 4.69) is 0 Å². The molecular weight excluding hydrogens is 372 g/mol. The van der Waals surface area contributed by atoms with Crippen LogP contribution in [0.5, 0.6) is 5.75 Å². The number of anilines is 1. The summed E-state index contributed by atoms with van der Waals surface area (Å²) >= 11 is 0. The minimum absolute atomic E-state index is 0.0240. The molecule has 1 aliphatic rings. The Morgan fingerprint density at radius 1 is 1.22 bits per heavy atom. The van der Waals surface area contributed by atoms with Crippen LogP contribution >= 0.6 is 0 Å². The predicted molar refractivity (Wildman–Crippen MR) is 83.8 cm³/mol. The fourth-order valence-electron chi connectivity index (χ4n) is 2.62. The normalized spacial score (nSPS) is 13.8. The highest BCUT2D eigenvalue weighted by Gasteiger charge is 2.32. The first-order valence-corrected chi connectivity index (χ1v) is 7.58. The molecule has 27 heavy (non-hydrogen) atoms. The zero-order valence-corrected chi connectivity index (χ0v) is 13.5. The lowest BCUT2D eigenvalue weighted by molar-refractivity contribution is -0.137. The van der Waals surface area contributed by atoms with Crippen molar-refractivity contribution in [3.05, 3.63) is 58.9 Å². The van der Waals surface area contributed by atoms with Gasteiger partial charge in [-0.1, -0.05) is 0 Å². The number of benzene rings is 2. The summed E-state index contributed by atoms with van der Waals surface area (Å²) in [7, 11) is 0. The van der Waals surface area contributed by atoms with Gasteiger partial charge in [-0.2, -0.15) is 13.2 Å². The number of rotatable bonds is 3. The first-order chi connectivity index (χ1) is 12.7. The van der Waals surface area contributed by atoms with Gasteiger partial charge in [0.25, 0.3) is 11.8 Å². The van der Waals surface area contributed by atoms with Crippen LogP contribution in [0.3, 0.4) is 0 Å². The van der Waals surface area contributed by atoms with Crippen molar-refractivity contribution in [3.8, 4) is 5.75 Å². The molecule has 0 aliphatic carbocycles. The molecule has 2 aromatic rings. The quantitative estimate of drug-likeness (QED) is 0.485. The molecule has 142 valence electrons. The number of nitrogens with one attached hydrogen (secondary N) is 1. The molecule has 0 unspecified atom stereocenters. The van der Waals surface area contributed by atoms with Crippen LogP contribution in [0.4, 0.5) is 23.2 Å². The molecule has 0 aromatic heterocycles. The standard InChI is InChI=1S/C17H12F4N2O4/c18-12-3-2-11(17(19,20)21)5-10(12)7-23-13-6-9(16(25)22-26)1-4-14(13)27-8-15(23)24/h1-6,26H,7-8H2,(H,22,25). The molecule has 0 saturated heterocycles. The van der Waals surface area contributed by atoms with Crippen molar-refractivity contribution >= 4 is 17.5 Å². The van der Waals surface area contributed by atoms with E-state index in [1.165, 1.54) is 23.7 Å². The number of hydroxylamine groups is 1. The summed E-state index contributed by atoms with van der Waals surface area (Å²) in [5.41, 5.74) is 0.0858. The van der Waals surface area contributed by atoms with Crippen LogP contribution in [0.25, 0.3) is 0 Å². The lowest BCUT2D eigenvalue weighted by Crippen LogP contribution is -2.38. The zero-order valence-electron chi connectivity index (χ0n) is 13.5. The fourth-order valence-corrected chi connectivity index (χ4v) is 2.62. The number of ether oxygens (including phenoxy) is 1. The van der Waals surface area contributed by atoms with Gasteiger partial charge in [0.15, 0.2) is 6.61 Å². The molecule has 6 nitrogen and oxygen atoms in total. The second-order valence-corrected chi connectivity index (χ2v) is 5.70. The van der Waals surface area contributed by atoms with Gasteiger partial charge in [0.1, 0.15) is 11.6 Å². The first kappa shape index (κ1) is 18.6. The van der Waals surface area contributed by atoms with E-state index in [0.717, 1.165) is 4.90 Å². The first-order valence-electron chi connectivity index (χ1n) is 7.58. The van der Waals surface area contributed by atoms with Crippen molar-refractivity contribution in [2.45, 2.75) is 12.7 Å². The molecule has 2 N–H and O–H groups in total. The van der Waals surface area contributed by atoms with E-state index in [1.54, 1.807) is 0 Å². The Balaban J connectivity index is 2.01. The lowest BCUT2D eigenvalue weighted by atomic mass is 10.1. The zero-order chi connectivity index (χ0) is 19.8. The van der Waals surface area contributed by atoms with Crippen molar-refractivity contribution in [3.63, 3.8) is 0 Å². The van der Waals surface area contributed by atoms with Crippen LogP contribution in [0.2, 0.25) is 0 Å². The minimum Gasteiger partial charge on any atom is -0.482 e. The largest absolute Gasteiger partial charge is 0.482 e. The van der Waals surface area contributed by atoms with Gasteiger partial charge in [0, 0.05) is 11.1 Å². The van der Waals surface area contributed by atoms with E-state index < -0.39 is 35.9 Å². The van der Waals surface area contributed by atoms with E-state index in [4.69, 9.17) is 9.94 Å². The van der Waals surface area contributed by atoms with Gasteiger partial charge < -0.3 is 9.64 Å². The van der Waals surface area contributed by atoms with Crippen LogP contribution < -0.4 is 15.1 Å². The van der Waals surface area contributed by atoms with Gasteiger partial charge in [-0.05, 0) is 36.4 Å². The molecular formula is C17H12F4N2O4. The van der Waals surface area contributed by atoms with Gasteiger partial charge in [-0.25, -0.2) is 9.87 Å². The highest BCUT2D eigenvalue weighted by atomic mass is 19.4. The number of hydrogen-bond acceptors (Lipinski definition) is 4. The van der Waals surface area contributed by atoms with Crippen LogP contribution in [0.15, 0.2) is 36.4 Å². The SMILES string of the molecule is O=C(NO)c1ccc2c(c1)N(Cc1cc(C(F)(F)F)ccc1F)C(=O)CO2. The van der Waals surface area contributed by atoms with Crippen LogP contribution in [-0.2, 0) is 17.5 Å². The monoisotopic (exact) mass is 384 g/mol. The highest BCUT2D eigenvalue weighted by molar-refractivity contribution is 6.01. The number of carbonyl (C=O) groups is 2. The second-order valence-electron chi connectivity index (χ2n) is 5.70. The Hall–Kier alpha value is -3.14. The smallest absolute Gasteiger partial charge is 0.416 e. The van der Waals surface area contributed by atoms with Crippen molar-refractivity contribution in [1.29, 1.82) is 0 Å².